The first-order chi connectivity index (χ1) is 14.5. The molecule has 4 rings (SSSR count). The second-order valence-corrected chi connectivity index (χ2v) is 8.69. The lowest BCUT2D eigenvalue weighted by molar-refractivity contribution is -0.136. The Morgan fingerprint density at radius 1 is 1.17 bits per heavy atom. The van der Waals surface area contributed by atoms with E-state index in [0.717, 1.165) is 23.4 Å². The van der Waals surface area contributed by atoms with E-state index in [4.69, 9.17) is 10.5 Å². The molecule has 3 N–H and O–H groups in total. The van der Waals surface area contributed by atoms with E-state index in [1.807, 2.05) is 4.90 Å². The Morgan fingerprint density at radius 2 is 1.87 bits per heavy atom. The van der Waals surface area contributed by atoms with Crippen LogP contribution >= 0.6 is 11.3 Å². The van der Waals surface area contributed by atoms with E-state index in [2.05, 4.69) is 10.3 Å². The zero-order valence-corrected chi connectivity index (χ0v) is 17.5. The van der Waals surface area contributed by atoms with E-state index in [1.54, 1.807) is 31.4 Å². The van der Waals surface area contributed by atoms with Crippen LogP contribution < -0.4 is 15.8 Å². The molecule has 2 aliphatic rings. The van der Waals surface area contributed by atoms with Crippen LogP contribution in [0.1, 0.15) is 46.1 Å². The standard InChI is InChI=1S/C21H24N4O4S/c1-29-14-4-2-13(3-5-14)19(27)24-21-23-17-15(6-7-16(17)30-21)20(28)25-10-8-12(9-11-25)18(22)26/h2-5,12,15H,6-11H2,1H3,(H2,22,26)(H,23,24,27)/t15-/m1/s1. The number of piperidine rings is 1. The molecule has 0 spiro atoms. The Bertz CT molecular complexity index is 964. The summed E-state index contributed by atoms with van der Waals surface area (Å²) in [6, 6.07) is 6.84. The number of nitrogens with one attached hydrogen (secondary N) is 1. The number of ether oxygens (including phenoxy) is 1. The van der Waals surface area contributed by atoms with Crippen molar-refractivity contribution in [2.45, 2.75) is 31.6 Å². The average molecular weight is 429 g/mol. The summed E-state index contributed by atoms with van der Waals surface area (Å²) < 4.78 is 5.11. The fourth-order valence-corrected chi connectivity index (χ4v) is 5.07. The Kier molecular flexibility index (Phi) is 5.72. The minimum Gasteiger partial charge on any atom is -0.497 e. The highest BCUT2D eigenvalue weighted by Crippen LogP contribution is 2.40. The molecule has 1 aromatic heterocycles. The number of hydrogen-bond donors (Lipinski definition) is 2. The molecule has 1 fully saturated rings. The minimum absolute atomic E-state index is 0.0509. The number of nitrogens with two attached hydrogens (primary N) is 1. The third-order valence-electron chi connectivity index (χ3n) is 5.80. The van der Waals surface area contributed by atoms with Gasteiger partial charge in [-0.3, -0.25) is 19.7 Å². The van der Waals surface area contributed by atoms with Crippen molar-refractivity contribution < 1.29 is 19.1 Å². The number of anilines is 1. The van der Waals surface area contributed by atoms with Gasteiger partial charge in [-0.05, 0) is 49.9 Å². The first kappa shape index (κ1) is 20.3. The van der Waals surface area contributed by atoms with E-state index in [-0.39, 0.29) is 29.6 Å². The van der Waals surface area contributed by atoms with Gasteiger partial charge in [0.15, 0.2) is 5.13 Å². The molecule has 0 bridgehead atoms. The number of aromatic nitrogens is 1. The molecule has 2 aromatic rings. The normalized spacial score (nSPS) is 18.7. The van der Waals surface area contributed by atoms with Gasteiger partial charge >= 0.3 is 0 Å². The van der Waals surface area contributed by atoms with Crippen molar-refractivity contribution in [2.75, 3.05) is 25.5 Å². The van der Waals surface area contributed by atoms with Crippen LogP contribution in [0, 0.1) is 5.92 Å². The number of thiazole rings is 1. The van der Waals surface area contributed by atoms with Crippen molar-refractivity contribution in [3.05, 3.63) is 40.4 Å². The van der Waals surface area contributed by atoms with Gasteiger partial charge in [-0.1, -0.05) is 0 Å². The van der Waals surface area contributed by atoms with Crippen molar-refractivity contribution in [3.63, 3.8) is 0 Å². The number of methoxy groups -OCH3 is 1. The predicted octanol–water partition coefficient (Wildman–Crippen LogP) is 2.16. The van der Waals surface area contributed by atoms with Crippen LogP contribution in [-0.4, -0.2) is 47.8 Å². The average Bonchev–Trinajstić information content (AvgIpc) is 3.33. The molecule has 158 valence electrons. The first-order valence-corrected chi connectivity index (χ1v) is 10.8. The van der Waals surface area contributed by atoms with Crippen molar-refractivity contribution in [3.8, 4) is 5.75 Å². The zero-order valence-electron chi connectivity index (χ0n) is 16.7. The SMILES string of the molecule is COc1ccc(C(=O)Nc2nc3c(s2)CC[C@H]3C(=O)N2CCC(C(N)=O)CC2)cc1. The fraction of sp³-hybridized carbons (Fsp3) is 0.429. The molecule has 9 heteroatoms. The molecular formula is C21H24N4O4S. The zero-order chi connectivity index (χ0) is 21.3. The van der Waals surface area contributed by atoms with E-state index in [0.29, 0.717) is 42.4 Å². The third kappa shape index (κ3) is 4.02. The van der Waals surface area contributed by atoms with E-state index in [1.165, 1.54) is 11.3 Å². The molecule has 0 radical (unpaired) electrons. The molecule has 30 heavy (non-hydrogen) atoms. The van der Waals surface area contributed by atoms with Gasteiger partial charge < -0.3 is 15.4 Å². The number of aryl methyl sites for hydroxylation is 1. The van der Waals surface area contributed by atoms with Crippen LogP contribution in [0.4, 0.5) is 5.13 Å². The Hall–Kier alpha value is -2.94. The number of hydrogen-bond acceptors (Lipinski definition) is 6. The van der Waals surface area contributed by atoms with Crippen LogP contribution in [0.5, 0.6) is 5.75 Å². The lowest BCUT2D eigenvalue weighted by Gasteiger charge is -2.32. The van der Waals surface area contributed by atoms with E-state index >= 15 is 0 Å². The number of fused-ring (bicyclic) bond motifs is 1. The Balaban J connectivity index is 1.41. The van der Waals surface area contributed by atoms with Crippen LogP contribution in [0.2, 0.25) is 0 Å². The van der Waals surface area contributed by atoms with Crippen molar-refractivity contribution in [1.82, 2.24) is 9.88 Å². The Morgan fingerprint density at radius 3 is 2.50 bits per heavy atom. The molecular weight excluding hydrogens is 404 g/mol. The highest BCUT2D eigenvalue weighted by molar-refractivity contribution is 7.16. The fourth-order valence-electron chi connectivity index (χ4n) is 4.04. The minimum atomic E-state index is -0.290. The summed E-state index contributed by atoms with van der Waals surface area (Å²) in [5.41, 5.74) is 6.66. The third-order valence-corrected chi connectivity index (χ3v) is 6.84. The smallest absolute Gasteiger partial charge is 0.257 e. The second kappa shape index (κ2) is 8.43. The summed E-state index contributed by atoms with van der Waals surface area (Å²) >= 11 is 1.43. The number of carbonyl (C=O) groups excluding carboxylic acids is 3. The van der Waals surface area contributed by atoms with E-state index in [9.17, 15) is 14.4 Å². The topological polar surface area (TPSA) is 115 Å². The number of benzene rings is 1. The monoisotopic (exact) mass is 428 g/mol. The van der Waals surface area contributed by atoms with Crippen molar-refractivity contribution >= 4 is 34.2 Å². The number of primary amides is 1. The quantitative estimate of drug-likeness (QED) is 0.757. The number of likely N-dealkylation sites (tertiary alicyclic amines) is 1. The second-order valence-electron chi connectivity index (χ2n) is 7.60. The lowest BCUT2D eigenvalue weighted by atomic mass is 9.95. The molecule has 3 amide bonds. The molecule has 8 nitrogen and oxygen atoms in total. The van der Waals surface area contributed by atoms with Crippen LogP contribution in [-0.2, 0) is 16.0 Å². The van der Waals surface area contributed by atoms with Crippen molar-refractivity contribution in [1.29, 1.82) is 0 Å². The molecule has 1 aliphatic carbocycles. The number of amides is 3. The van der Waals surface area contributed by atoms with Gasteiger partial charge in [-0.25, -0.2) is 4.98 Å². The predicted molar refractivity (Wildman–Crippen MR) is 113 cm³/mol. The highest BCUT2D eigenvalue weighted by atomic mass is 32.1. The molecule has 2 heterocycles. The maximum atomic E-state index is 13.0. The van der Waals surface area contributed by atoms with Gasteiger partial charge in [0, 0.05) is 29.4 Å². The van der Waals surface area contributed by atoms with Crippen LogP contribution in [0.25, 0.3) is 0 Å². The Labute approximate surface area is 178 Å². The van der Waals surface area contributed by atoms with Crippen LogP contribution in [0.15, 0.2) is 24.3 Å². The van der Waals surface area contributed by atoms with Gasteiger partial charge in [0.2, 0.25) is 11.8 Å². The molecule has 1 aromatic carbocycles. The molecule has 1 atom stereocenters. The van der Waals surface area contributed by atoms with Gasteiger partial charge in [-0.15, -0.1) is 11.3 Å². The molecule has 0 saturated carbocycles. The lowest BCUT2D eigenvalue weighted by Crippen LogP contribution is -2.43. The maximum Gasteiger partial charge on any atom is 0.257 e. The maximum absolute atomic E-state index is 13.0. The molecule has 0 unspecified atom stereocenters. The summed E-state index contributed by atoms with van der Waals surface area (Å²) in [5, 5.41) is 3.34. The number of nitrogens with zero attached hydrogens (tertiary/aromatic N) is 2. The van der Waals surface area contributed by atoms with E-state index < -0.39 is 0 Å². The molecule has 1 aliphatic heterocycles. The largest absolute Gasteiger partial charge is 0.497 e. The van der Waals surface area contributed by atoms with Gasteiger partial charge in [0.05, 0.1) is 18.7 Å². The first-order valence-electron chi connectivity index (χ1n) is 9.99. The summed E-state index contributed by atoms with van der Waals surface area (Å²) in [5.74, 6) is -0.236. The van der Waals surface area contributed by atoms with Gasteiger partial charge in [0.25, 0.3) is 5.91 Å². The molecule has 1 saturated heterocycles. The summed E-state index contributed by atoms with van der Waals surface area (Å²) in [4.78, 5) is 44.3. The summed E-state index contributed by atoms with van der Waals surface area (Å²) in [6.45, 7) is 1.09. The van der Waals surface area contributed by atoms with Crippen LogP contribution in [0.3, 0.4) is 0 Å². The number of carbonyl (C=O) groups is 3. The summed E-state index contributed by atoms with van der Waals surface area (Å²) in [6.07, 6.45) is 2.73. The van der Waals surface area contributed by atoms with Gasteiger partial charge in [0.1, 0.15) is 5.75 Å². The summed E-state index contributed by atoms with van der Waals surface area (Å²) in [7, 11) is 1.57. The van der Waals surface area contributed by atoms with Gasteiger partial charge in [-0.2, -0.15) is 0 Å². The highest BCUT2D eigenvalue weighted by Gasteiger charge is 2.37. The number of rotatable bonds is 5. The van der Waals surface area contributed by atoms with Crippen molar-refractivity contribution in [2.24, 2.45) is 11.7 Å².